The van der Waals surface area contributed by atoms with Crippen molar-refractivity contribution in [2.24, 2.45) is 5.18 Å². The summed E-state index contributed by atoms with van der Waals surface area (Å²) in [6, 6.07) is 5.37. The molecule has 0 amide bonds. The summed E-state index contributed by atoms with van der Waals surface area (Å²) in [5, 5.41) is 2.61. The van der Waals surface area contributed by atoms with Gasteiger partial charge in [0.15, 0.2) is 4.77 Å². The molecule has 8 heteroatoms. The first-order valence-corrected chi connectivity index (χ1v) is 5.40. The van der Waals surface area contributed by atoms with Crippen molar-refractivity contribution in [3.63, 3.8) is 0 Å². The van der Waals surface area contributed by atoms with E-state index in [9.17, 15) is 9.70 Å². The third kappa shape index (κ3) is 2.18. The molecular formula is C10H9N5O2S. The van der Waals surface area contributed by atoms with E-state index in [-0.39, 0.29) is 22.8 Å². The summed E-state index contributed by atoms with van der Waals surface area (Å²) in [6.45, 7) is 0.255. The van der Waals surface area contributed by atoms with Crippen LogP contribution in [0.2, 0.25) is 0 Å². The quantitative estimate of drug-likeness (QED) is 0.641. The van der Waals surface area contributed by atoms with Crippen LogP contribution in [0.1, 0.15) is 5.69 Å². The molecule has 18 heavy (non-hydrogen) atoms. The van der Waals surface area contributed by atoms with Crippen molar-refractivity contribution < 1.29 is 0 Å². The predicted octanol–water partition coefficient (Wildman–Crippen LogP) is 1.33. The van der Waals surface area contributed by atoms with Gasteiger partial charge in [-0.25, -0.2) is 0 Å². The number of anilines is 1. The summed E-state index contributed by atoms with van der Waals surface area (Å²) >= 11 is 4.99. The molecule has 0 atom stereocenters. The lowest BCUT2D eigenvalue weighted by Crippen LogP contribution is -2.18. The Kier molecular flexibility index (Phi) is 3.28. The molecule has 0 spiro atoms. The minimum atomic E-state index is -0.690. The molecule has 0 aliphatic rings. The highest BCUT2D eigenvalue weighted by molar-refractivity contribution is 7.71. The number of nitrogens with zero attached hydrogens (tertiary/aromatic N) is 3. The monoisotopic (exact) mass is 263 g/mol. The number of aromatic amines is 1. The number of nitrogens with one attached hydrogen (secondary N) is 1. The van der Waals surface area contributed by atoms with Gasteiger partial charge in [-0.3, -0.25) is 19.3 Å². The zero-order valence-corrected chi connectivity index (χ0v) is 9.98. The highest BCUT2D eigenvalue weighted by atomic mass is 32.1. The second-order valence-electron chi connectivity index (χ2n) is 3.49. The van der Waals surface area contributed by atoms with Crippen LogP contribution in [0.25, 0.3) is 0 Å². The van der Waals surface area contributed by atoms with Gasteiger partial charge in [0.25, 0.3) is 5.56 Å². The second-order valence-corrected chi connectivity index (χ2v) is 3.88. The Bertz CT molecular complexity index is 692. The van der Waals surface area contributed by atoms with Crippen LogP contribution >= 0.6 is 12.2 Å². The smallest absolute Gasteiger partial charge is 0.283 e. The van der Waals surface area contributed by atoms with Crippen LogP contribution in [0.5, 0.6) is 0 Å². The van der Waals surface area contributed by atoms with Gasteiger partial charge < -0.3 is 5.73 Å². The van der Waals surface area contributed by atoms with E-state index in [0.29, 0.717) is 5.69 Å². The Morgan fingerprint density at radius 3 is 2.89 bits per heavy atom. The van der Waals surface area contributed by atoms with Crippen LogP contribution in [0.4, 0.5) is 11.5 Å². The number of hydrogen-bond donors (Lipinski definition) is 2. The molecule has 92 valence electrons. The fraction of sp³-hybridized carbons (Fsp3) is 0.100. The average Bonchev–Trinajstić information content (AvgIpc) is 2.36. The van der Waals surface area contributed by atoms with Gasteiger partial charge in [0.1, 0.15) is 5.82 Å². The molecule has 0 fully saturated rings. The molecule has 3 N–H and O–H groups in total. The lowest BCUT2D eigenvalue weighted by molar-refractivity contribution is 0.739. The third-order valence-corrected chi connectivity index (χ3v) is 2.67. The number of pyridine rings is 1. The normalized spacial score (nSPS) is 10.2. The molecule has 2 rings (SSSR count). The van der Waals surface area contributed by atoms with E-state index >= 15 is 0 Å². The summed E-state index contributed by atoms with van der Waals surface area (Å²) < 4.78 is 1.52. The van der Waals surface area contributed by atoms with Gasteiger partial charge in [0.2, 0.25) is 5.69 Å². The lowest BCUT2D eigenvalue weighted by Gasteiger charge is -2.10. The molecule has 0 aromatic carbocycles. The fourth-order valence-corrected chi connectivity index (χ4v) is 1.73. The standard InChI is InChI=1S/C10H9N5O2S/c11-8-7(14-17)9(16)13-10(18)15(8)5-6-3-1-2-4-12-6/h1-4H,5,11H2,(H,13,16,18). The third-order valence-electron chi connectivity index (χ3n) is 2.35. The Hall–Kier alpha value is -2.35. The minimum absolute atomic E-state index is 0.0654. The number of H-pyrrole nitrogens is 1. The fourth-order valence-electron chi connectivity index (χ4n) is 1.48. The van der Waals surface area contributed by atoms with Crippen LogP contribution in [0.3, 0.4) is 0 Å². The van der Waals surface area contributed by atoms with E-state index in [4.69, 9.17) is 18.0 Å². The van der Waals surface area contributed by atoms with Crippen LogP contribution in [-0.2, 0) is 6.54 Å². The van der Waals surface area contributed by atoms with Crippen LogP contribution in [0.15, 0.2) is 34.4 Å². The van der Waals surface area contributed by atoms with Crippen LogP contribution < -0.4 is 11.3 Å². The summed E-state index contributed by atoms with van der Waals surface area (Å²) in [4.78, 5) is 28.4. The van der Waals surface area contributed by atoms with E-state index in [1.54, 1.807) is 18.3 Å². The van der Waals surface area contributed by atoms with Crippen molar-refractivity contribution >= 4 is 23.7 Å². The summed E-state index contributed by atoms with van der Waals surface area (Å²) in [7, 11) is 0. The summed E-state index contributed by atoms with van der Waals surface area (Å²) in [5.41, 5.74) is 5.33. The van der Waals surface area contributed by atoms with Crippen molar-refractivity contribution in [3.05, 3.63) is 50.1 Å². The second kappa shape index (κ2) is 4.88. The van der Waals surface area contributed by atoms with Crippen molar-refractivity contribution in [3.8, 4) is 0 Å². The van der Waals surface area contributed by atoms with E-state index in [1.165, 1.54) is 4.57 Å². The number of aromatic nitrogens is 3. The van der Waals surface area contributed by atoms with Gasteiger partial charge in [-0.1, -0.05) is 6.07 Å². The number of nitrogen functional groups attached to an aromatic ring is 1. The number of nitroso groups, excluding NO2 is 1. The Labute approximate surface area is 106 Å². The molecule has 0 unspecified atom stereocenters. The van der Waals surface area contributed by atoms with Crippen LogP contribution in [-0.4, -0.2) is 14.5 Å². The van der Waals surface area contributed by atoms with Gasteiger partial charge >= 0.3 is 0 Å². The Morgan fingerprint density at radius 2 is 2.28 bits per heavy atom. The highest BCUT2D eigenvalue weighted by Gasteiger charge is 2.11. The highest BCUT2D eigenvalue weighted by Crippen LogP contribution is 2.16. The summed E-state index contributed by atoms with van der Waals surface area (Å²) in [6.07, 6.45) is 1.62. The van der Waals surface area contributed by atoms with E-state index in [1.807, 2.05) is 6.07 Å². The molecule has 0 saturated heterocycles. The predicted molar refractivity (Wildman–Crippen MR) is 69.1 cm³/mol. The maximum Gasteiger partial charge on any atom is 0.283 e. The van der Waals surface area contributed by atoms with Crippen molar-refractivity contribution in [2.75, 3.05) is 5.73 Å². The molecule has 0 bridgehead atoms. The van der Waals surface area contributed by atoms with Crippen molar-refractivity contribution in [1.82, 2.24) is 14.5 Å². The van der Waals surface area contributed by atoms with Gasteiger partial charge in [0, 0.05) is 6.20 Å². The van der Waals surface area contributed by atoms with Crippen molar-refractivity contribution in [1.29, 1.82) is 0 Å². The number of hydrogen-bond acceptors (Lipinski definition) is 6. The first kappa shape index (κ1) is 12.1. The first-order valence-electron chi connectivity index (χ1n) is 4.99. The molecule has 2 heterocycles. The molecule has 0 saturated carbocycles. The maximum absolute atomic E-state index is 11.4. The van der Waals surface area contributed by atoms with Crippen molar-refractivity contribution in [2.45, 2.75) is 6.54 Å². The molecular weight excluding hydrogens is 254 g/mol. The molecule has 0 aliphatic carbocycles. The SMILES string of the molecule is Nc1c(N=O)c(=O)[nH]c(=S)n1Cc1ccccn1. The Morgan fingerprint density at radius 1 is 1.50 bits per heavy atom. The topological polar surface area (TPSA) is 106 Å². The number of rotatable bonds is 3. The van der Waals surface area contributed by atoms with Gasteiger partial charge in [0.05, 0.1) is 12.2 Å². The molecule has 7 nitrogen and oxygen atoms in total. The molecule has 2 aromatic heterocycles. The van der Waals surface area contributed by atoms with Gasteiger partial charge in [-0.15, -0.1) is 4.91 Å². The average molecular weight is 263 g/mol. The van der Waals surface area contributed by atoms with Gasteiger partial charge in [-0.2, -0.15) is 0 Å². The zero-order chi connectivity index (χ0) is 13.1. The minimum Gasteiger partial charge on any atom is -0.383 e. The zero-order valence-electron chi connectivity index (χ0n) is 9.16. The number of nitrogens with two attached hydrogens (primary N) is 1. The summed E-state index contributed by atoms with van der Waals surface area (Å²) in [5.74, 6) is -0.0654. The van der Waals surface area contributed by atoms with E-state index < -0.39 is 5.56 Å². The first-order chi connectivity index (χ1) is 8.63. The van der Waals surface area contributed by atoms with Gasteiger partial charge in [-0.05, 0) is 29.5 Å². The van der Waals surface area contributed by atoms with E-state index in [2.05, 4.69) is 15.1 Å². The van der Waals surface area contributed by atoms with E-state index in [0.717, 1.165) is 0 Å². The molecule has 0 radical (unpaired) electrons. The van der Waals surface area contributed by atoms with Crippen LogP contribution in [0, 0.1) is 9.68 Å². The maximum atomic E-state index is 11.4. The molecule has 0 aliphatic heterocycles. The Balaban J connectivity index is 2.55. The molecule has 2 aromatic rings. The lowest BCUT2D eigenvalue weighted by atomic mass is 10.3. The largest absolute Gasteiger partial charge is 0.383 e.